The molecule has 4 nitrogen and oxygen atoms in total. The second kappa shape index (κ2) is 8.29. The van der Waals surface area contributed by atoms with Gasteiger partial charge in [0, 0.05) is 35.9 Å². The number of imidazole rings is 1. The van der Waals surface area contributed by atoms with Gasteiger partial charge < -0.3 is 9.47 Å². The van der Waals surface area contributed by atoms with Gasteiger partial charge in [-0.05, 0) is 18.1 Å². The Kier molecular flexibility index (Phi) is 6.37. The van der Waals surface area contributed by atoms with E-state index in [4.69, 9.17) is 11.6 Å². The quantitative estimate of drug-likeness (QED) is 0.752. The van der Waals surface area contributed by atoms with Crippen LogP contribution in [0.5, 0.6) is 0 Å². The van der Waals surface area contributed by atoms with Gasteiger partial charge in [0.15, 0.2) is 0 Å². The van der Waals surface area contributed by atoms with Crippen LogP contribution >= 0.6 is 11.6 Å². The number of benzene rings is 1. The first-order chi connectivity index (χ1) is 11.4. The summed E-state index contributed by atoms with van der Waals surface area (Å²) in [5.74, 6) is 0.828. The van der Waals surface area contributed by atoms with E-state index in [1.807, 2.05) is 11.5 Å². The molecule has 0 aliphatic heterocycles. The average molecular weight is 352 g/mol. The standard InChI is InChI=1S/C18H23ClFN3O/c1-4-18(24)23(10-13(2)3)12-17-21-8-9-22(17)11-14-15(19)6-5-7-16(14)20/h5-9,13H,4,10-12H2,1-3H3. The minimum atomic E-state index is -0.342. The van der Waals surface area contributed by atoms with Gasteiger partial charge in [0.1, 0.15) is 11.6 Å². The van der Waals surface area contributed by atoms with Crippen molar-refractivity contribution in [1.29, 1.82) is 0 Å². The molecule has 1 heterocycles. The number of carbonyl (C=O) groups excluding carboxylic acids is 1. The van der Waals surface area contributed by atoms with E-state index < -0.39 is 0 Å². The molecule has 1 aromatic carbocycles. The molecule has 0 aliphatic carbocycles. The van der Waals surface area contributed by atoms with Crippen LogP contribution in [0.25, 0.3) is 0 Å². The minimum absolute atomic E-state index is 0.0853. The lowest BCUT2D eigenvalue weighted by Crippen LogP contribution is -2.34. The highest BCUT2D eigenvalue weighted by Crippen LogP contribution is 2.21. The zero-order valence-corrected chi connectivity index (χ0v) is 15.1. The van der Waals surface area contributed by atoms with Crippen LogP contribution < -0.4 is 0 Å². The fraction of sp³-hybridized carbons (Fsp3) is 0.444. The molecule has 0 bridgehead atoms. The fourth-order valence-electron chi connectivity index (χ4n) is 2.58. The Hall–Kier alpha value is -1.88. The first kappa shape index (κ1) is 18.5. The molecule has 0 spiro atoms. The van der Waals surface area contributed by atoms with Crippen LogP contribution in [0.1, 0.15) is 38.6 Å². The number of rotatable bonds is 7. The number of hydrogen-bond acceptors (Lipinski definition) is 2. The van der Waals surface area contributed by atoms with Crippen molar-refractivity contribution < 1.29 is 9.18 Å². The van der Waals surface area contributed by atoms with Gasteiger partial charge >= 0.3 is 0 Å². The number of aromatic nitrogens is 2. The molecule has 0 saturated carbocycles. The molecule has 24 heavy (non-hydrogen) atoms. The van der Waals surface area contributed by atoms with Crippen molar-refractivity contribution in [2.24, 2.45) is 5.92 Å². The van der Waals surface area contributed by atoms with E-state index in [9.17, 15) is 9.18 Å². The molecule has 0 atom stereocenters. The van der Waals surface area contributed by atoms with E-state index in [2.05, 4.69) is 18.8 Å². The normalized spacial score (nSPS) is 11.1. The summed E-state index contributed by atoms with van der Waals surface area (Å²) in [4.78, 5) is 18.3. The van der Waals surface area contributed by atoms with Crippen LogP contribution in [0.15, 0.2) is 30.6 Å². The molecule has 1 amide bonds. The Bertz CT molecular complexity index is 679. The highest BCUT2D eigenvalue weighted by molar-refractivity contribution is 6.31. The number of hydrogen-bond donors (Lipinski definition) is 0. The highest BCUT2D eigenvalue weighted by atomic mass is 35.5. The van der Waals surface area contributed by atoms with E-state index in [1.165, 1.54) is 6.07 Å². The van der Waals surface area contributed by atoms with E-state index >= 15 is 0 Å². The number of halogens is 2. The maximum absolute atomic E-state index is 14.0. The topological polar surface area (TPSA) is 38.1 Å². The van der Waals surface area contributed by atoms with Gasteiger partial charge in [-0.25, -0.2) is 9.37 Å². The summed E-state index contributed by atoms with van der Waals surface area (Å²) in [6.45, 7) is 7.35. The van der Waals surface area contributed by atoms with E-state index in [0.717, 1.165) is 5.82 Å². The van der Waals surface area contributed by atoms with Crippen molar-refractivity contribution in [3.8, 4) is 0 Å². The molecular formula is C18H23ClFN3O. The van der Waals surface area contributed by atoms with Crippen molar-refractivity contribution >= 4 is 17.5 Å². The third kappa shape index (κ3) is 4.57. The van der Waals surface area contributed by atoms with Crippen molar-refractivity contribution in [1.82, 2.24) is 14.5 Å². The Morgan fingerprint density at radius 3 is 2.79 bits per heavy atom. The molecule has 1 aromatic heterocycles. The van der Waals surface area contributed by atoms with Crippen LogP contribution in [-0.2, 0) is 17.9 Å². The maximum Gasteiger partial charge on any atom is 0.222 e. The lowest BCUT2D eigenvalue weighted by atomic mass is 10.2. The molecule has 0 unspecified atom stereocenters. The summed E-state index contributed by atoms with van der Waals surface area (Å²) in [7, 11) is 0. The van der Waals surface area contributed by atoms with Crippen LogP contribution in [0.2, 0.25) is 5.02 Å². The number of nitrogens with zero attached hydrogens (tertiary/aromatic N) is 3. The van der Waals surface area contributed by atoms with Crippen LogP contribution in [0.4, 0.5) is 4.39 Å². The van der Waals surface area contributed by atoms with E-state index in [0.29, 0.717) is 36.0 Å². The summed E-state index contributed by atoms with van der Waals surface area (Å²) >= 11 is 6.11. The Labute approximate surface area is 147 Å². The van der Waals surface area contributed by atoms with Crippen molar-refractivity contribution in [2.45, 2.75) is 40.3 Å². The minimum Gasteiger partial charge on any atom is -0.335 e. The molecule has 2 rings (SSSR count). The average Bonchev–Trinajstić information content (AvgIpc) is 2.96. The SMILES string of the molecule is CCC(=O)N(Cc1nccn1Cc1c(F)cccc1Cl)CC(C)C. The molecule has 0 N–H and O–H groups in total. The molecule has 2 aromatic rings. The lowest BCUT2D eigenvalue weighted by molar-refractivity contribution is -0.132. The molecule has 0 radical (unpaired) electrons. The monoisotopic (exact) mass is 351 g/mol. The highest BCUT2D eigenvalue weighted by Gasteiger charge is 2.17. The molecule has 130 valence electrons. The van der Waals surface area contributed by atoms with Crippen molar-refractivity contribution in [3.63, 3.8) is 0 Å². The summed E-state index contributed by atoms with van der Waals surface area (Å²) in [6, 6.07) is 4.64. The zero-order valence-electron chi connectivity index (χ0n) is 14.3. The lowest BCUT2D eigenvalue weighted by Gasteiger charge is -2.24. The van der Waals surface area contributed by atoms with E-state index in [1.54, 1.807) is 29.4 Å². The van der Waals surface area contributed by atoms with Crippen LogP contribution in [0, 0.1) is 11.7 Å². The first-order valence-corrected chi connectivity index (χ1v) is 8.50. The fourth-order valence-corrected chi connectivity index (χ4v) is 2.80. The third-order valence-corrected chi connectivity index (χ3v) is 4.12. The van der Waals surface area contributed by atoms with Crippen molar-refractivity contribution in [3.05, 3.63) is 52.8 Å². The molecule has 0 aliphatic rings. The molecule has 0 saturated heterocycles. The van der Waals surface area contributed by atoms with Gasteiger partial charge in [-0.15, -0.1) is 0 Å². The predicted molar refractivity (Wildman–Crippen MR) is 93.3 cm³/mol. The van der Waals surface area contributed by atoms with Crippen LogP contribution in [-0.4, -0.2) is 26.9 Å². The van der Waals surface area contributed by atoms with E-state index in [-0.39, 0.29) is 18.3 Å². The second-order valence-electron chi connectivity index (χ2n) is 6.19. The van der Waals surface area contributed by atoms with Gasteiger partial charge in [0.25, 0.3) is 0 Å². The smallest absolute Gasteiger partial charge is 0.222 e. The predicted octanol–water partition coefficient (Wildman–Crippen LogP) is 4.12. The third-order valence-electron chi connectivity index (χ3n) is 3.76. The summed E-state index contributed by atoms with van der Waals surface area (Å²) in [5.41, 5.74) is 0.427. The first-order valence-electron chi connectivity index (χ1n) is 8.13. The van der Waals surface area contributed by atoms with Gasteiger partial charge in [-0.3, -0.25) is 4.79 Å². The van der Waals surface area contributed by atoms with Gasteiger partial charge in [0.05, 0.1) is 13.1 Å². The van der Waals surface area contributed by atoms with Gasteiger partial charge in [-0.2, -0.15) is 0 Å². The Morgan fingerprint density at radius 2 is 2.17 bits per heavy atom. The molecule has 0 fully saturated rings. The number of amides is 1. The maximum atomic E-state index is 14.0. The summed E-state index contributed by atoms with van der Waals surface area (Å²) < 4.78 is 15.8. The summed E-state index contributed by atoms with van der Waals surface area (Å²) in [6.07, 6.45) is 3.89. The zero-order chi connectivity index (χ0) is 17.7. The summed E-state index contributed by atoms with van der Waals surface area (Å²) in [5, 5.41) is 0.387. The van der Waals surface area contributed by atoms with Gasteiger partial charge in [-0.1, -0.05) is 38.4 Å². The Morgan fingerprint density at radius 1 is 1.42 bits per heavy atom. The van der Waals surface area contributed by atoms with Crippen LogP contribution in [0.3, 0.4) is 0 Å². The number of carbonyl (C=O) groups is 1. The molecule has 6 heteroatoms. The Balaban J connectivity index is 2.21. The second-order valence-corrected chi connectivity index (χ2v) is 6.60. The van der Waals surface area contributed by atoms with Gasteiger partial charge in [0.2, 0.25) is 5.91 Å². The van der Waals surface area contributed by atoms with Crippen molar-refractivity contribution in [2.75, 3.05) is 6.54 Å². The molecular weight excluding hydrogens is 329 g/mol. The largest absolute Gasteiger partial charge is 0.335 e.